The molecule has 0 heterocycles. The molecule has 26 heavy (non-hydrogen) atoms. The Kier molecular flexibility index (Phi) is 6.22. The summed E-state index contributed by atoms with van der Waals surface area (Å²) in [7, 11) is -2.10. The normalized spacial score (nSPS) is 11.6. The smallest absolute Gasteiger partial charge is 0.293 e. The van der Waals surface area contributed by atoms with Gasteiger partial charge in [-0.05, 0) is 43.7 Å². The van der Waals surface area contributed by atoms with Gasteiger partial charge in [-0.25, -0.2) is 13.1 Å². The molecule has 7 nitrogen and oxygen atoms in total. The lowest BCUT2D eigenvalue weighted by molar-refractivity contribution is -0.384. The van der Waals surface area contributed by atoms with Gasteiger partial charge >= 0.3 is 0 Å². The van der Waals surface area contributed by atoms with Crippen molar-refractivity contribution in [2.75, 3.05) is 11.9 Å². The average molecular weight is 398 g/mol. The van der Waals surface area contributed by atoms with E-state index in [1.165, 1.54) is 12.1 Å². The molecule has 0 aliphatic carbocycles. The van der Waals surface area contributed by atoms with Crippen LogP contribution in [0.15, 0.2) is 47.4 Å². The van der Waals surface area contributed by atoms with Crippen LogP contribution in [0.3, 0.4) is 0 Å². The first-order valence-corrected chi connectivity index (χ1v) is 9.72. The summed E-state index contributed by atoms with van der Waals surface area (Å²) in [5, 5.41) is 12.1. The van der Waals surface area contributed by atoms with Crippen LogP contribution in [0, 0.1) is 10.1 Å². The Morgan fingerprint density at radius 3 is 2.35 bits per heavy atom. The minimum absolute atomic E-state index is 0.137. The van der Waals surface area contributed by atoms with Crippen molar-refractivity contribution >= 4 is 33.0 Å². The van der Waals surface area contributed by atoms with E-state index in [0.717, 1.165) is 11.6 Å². The zero-order chi connectivity index (χ0) is 19.5. The first kappa shape index (κ1) is 20.2. The van der Waals surface area contributed by atoms with Crippen molar-refractivity contribution in [1.29, 1.82) is 0 Å². The molecule has 2 aromatic rings. The molecule has 0 fully saturated rings. The Morgan fingerprint density at radius 1 is 1.19 bits per heavy atom. The van der Waals surface area contributed by atoms with Crippen molar-refractivity contribution in [3.63, 3.8) is 0 Å². The number of nitrogens with zero attached hydrogens (tertiary/aromatic N) is 2. The van der Waals surface area contributed by atoms with Gasteiger partial charge < -0.3 is 4.90 Å². The minimum Gasteiger partial charge on any atom is -0.365 e. The Morgan fingerprint density at radius 2 is 1.81 bits per heavy atom. The van der Waals surface area contributed by atoms with Crippen LogP contribution in [0.25, 0.3) is 0 Å². The van der Waals surface area contributed by atoms with E-state index >= 15 is 0 Å². The lowest BCUT2D eigenvalue weighted by Crippen LogP contribution is -2.30. The maximum Gasteiger partial charge on any atom is 0.293 e. The molecule has 2 aromatic carbocycles. The third-order valence-electron chi connectivity index (χ3n) is 3.59. The number of nitro benzene ring substituents is 1. The number of rotatable bonds is 7. The number of hydrogen-bond donors (Lipinski definition) is 1. The highest BCUT2D eigenvalue weighted by Crippen LogP contribution is 2.31. The zero-order valence-electron chi connectivity index (χ0n) is 14.6. The van der Waals surface area contributed by atoms with Gasteiger partial charge in [0.15, 0.2) is 0 Å². The number of sulfonamides is 1. The number of benzene rings is 2. The van der Waals surface area contributed by atoms with Crippen molar-refractivity contribution in [3.8, 4) is 0 Å². The standard InChI is InChI=1S/C17H20ClN3O4S/c1-12(2)19-26(24,25)15-8-9-16(17(10-15)21(22)23)20(3)11-13-4-6-14(18)7-5-13/h4-10,12,19H,11H2,1-3H3. The quantitative estimate of drug-likeness (QED) is 0.569. The molecule has 140 valence electrons. The van der Waals surface area contributed by atoms with Crippen LogP contribution < -0.4 is 9.62 Å². The van der Waals surface area contributed by atoms with Gasteiger partial charge in [0.1, 0.15) is 5.69 Å². The van der Waals surface area contributed by atoms with Crippen LogP contribution in [0.5, 0.6) is 0 Å². The van der Waals surface area contributed by atoms with Crippen molar-refractivity contribution in [3.05, 3.63) is 63.2 Å². The molecule has 0 aliphatic heterocycles. The predicted octanol–water partition coefficient (Wildman–Crippen LogP) is 3.57. The number of nitro groups is 1. The van der Waals surface area contributed by atoms with E-state index < -0.39 is 14.9 Å². The highest BCUT2D eigenvalue weighted by molar-refractivity contribution is 7.89. The summed E-state index contributed by atoms with van der Waals surface area (Å²) in [4.78, 5) is 12.4. The number of anilines is 1. The van der Waals surface area contributed by atoms with E-state index in [2.05, 4.69) is 4.72 Å². The molecule has 0 saturated carbocycles. The topological polar surface area (TPSA) is 92.6 Å². The molecule has 0 unspecified atom stereocenters. The van der Waals surface area contributed by atoms with Crippen LogP contribution in [-0.2, 0) is 16.6 Å². The summed E-state index contributed by atoms with van der Waals surface area (Å²) in [6.45, 7) is 3.77. The molecule has 0 spiro atoms. The van der Waals surface area contributed by atoms with Gasteiger partial charge in [-0.2, -0.15) is 0 Å². The van der Waals surface area contributed by atoms with Crippen LogP contribution in [-0.4, -0.2) is 26.4 Å². The molecule has 9 heteroatoms. The van der Waals surface area contributed by atoms with Crippen molar-refractivity contribution in [2.24, 2.45) is 0 Å². The second-order valence-corrected chi connectivity index (χ2v) is 8.32. The number of nitrogens with one attached hydrogen (secondary N) is 1. The van der Waals surface area contributed by atoms with Crippen LogP contribution in [0.1, 0.15) is 19.4 Å². The summed E-state index contributed by atoms with van der Waals surface area (Å²) in [5.74, 6) is 0. The van der Waals surface area contributed by atoms with Crippen molar-refractivity contribution in [2.45, 2.75) is 31.3 Å². The molecule has 0 amide bonds. The zero-order valence-corrected chi connectivity index (χ0v) is 16.2. The lowest BCUT2D eigenvalue weighted by Gasteiger charge is -2.20. The van der Waals surface area contributed by atoms with E-state index in [-0.39, 0.29) is 16.6 Å². The second kappa shape index (κ2) is 8.03. The maximum atomic E-state index is 12.3. The Balaban J connectivity index is 2.36. The SMILES string of the molecule is CC(C)NS(=O)(=O)c1ccc(N(C)Cc2ccc(Cl)cc2)c([N+](=O)[O-])c1. The van der Waals surface area contributed by atoms with Gasteiger partial charge in [-0.1, -0.05) is 23.7 Å². The lowest BCUT2D eigenvalue weighted by atomic mass is 10.2. The molecule has 0 atom stereocenters. The predicted molar refractivity (Wildman–Crippen MR) is 102 cm³/mol. The highest BCUT2D eigenvalue weighted by atomic mass is 35.5. The molecular weight excluding hydrogens is 378 g/mol. The molecule has 0 aromatic heterocycles. The Labute approximate surface area is 157 Å². The summed E-state index contributed by atoms with van der Waals surface area (Å²) in [6.07, 6.45) is 0. The van der Waals surface area contributed by atoms with E-state index in [0.29, 0.717) is 17.3 Å². The van der Waals surface area contributed by atoms with Gasteiger partial charge in [0.2, 0.25) is 10.0 Å². The summed E-state index contributed by atoms with van der Waals surface area (Å²) < 4.78 is 26.9. The summed E-state index contributed by atoms with van der Waals surface area (Å²) >= 11 is 5.86. The Hall–Kier alpha value is -2.16. The minimum atomic E-state index is -3.81. The first-order valence-electron chi connectivity index (χ1n) is 7.86. The molecule has 0 radical (unpaired) electrons. The van der Waals surface area contributed by atoms with Gasteiger partial charge in [0.05, 0.1) is 9.82 Å². The van der Waals surface area contributed by atoms with Gasteiger partial charge in [-0.15, -0.1) is 0 Å². The van der Waals surface area contributed by atoms with Gasteiger partial charge in [-0.3, -0.25) is 10.1 Å². The third kappa shape index (κ3) is 4.94. The van der Waals surface area contributed by atoms with Crippen LogP contribution >= 0.6 is 11.6 Å². The van der Waals surface area contributed by atoms with Crippen molar-refractivity contribution < 1.29 is 13.3 Å². The van der Waals surface area contributed by atoms with Crippen LogP contribution in [0.4, 0.5) is 11.4 Å². The highest BCUT2D eigenvalue weighted by Gasteiger charge is 2.23. The average Bonchev–Trinajstić information content (AvgIpc) is 2.55. The molecule has 0 aliphatic rings. The summed E-state index contributed by atoms with van der Waals surface area (Å²) in [5.41, 5.74) is 0.978. The van der Waals surface area contributed by atoms with Gasteiger partial charge in [0.25, 0.3) is 5.69 Å². The molecular formula is C17H20ClN3O4S. The molecule has 1 N–H and O–H groups in total. The maximum absolute atomic E-state index is 12.3. The molecule has 2 rings (SSSR count). The fraction of sp³-hybridized carbons (Fsp3) is 0.294. The van der Waals surface area contributed by atoms with E-state index in [4.69, 9.17) is 11.6 Å². The number of hydrogen-bond acceptors (Lipinski definition) is 5. The third-order valence-corrected chi connectivity index (χ3v) is 5.50. The van der Waals surface area contributed by atoms with Gasteiger partial charge in [0, 0.05) is 30.7 Å². The van der Waals surface area contributed by atoms with E-state index in [1.807, 2.05) is 12.1 Å². The fourth-order valence-electron chi connectivity index (χ4n) is 2.47. The van der Waals surface area contributed by atoms with Crippen LogP contribution in [0.2, 0.25) is 5.02 Å². The second-order valence-electron chi connectivity index (χ2n) is 6.17. The van der Waals surface area contributed by atoms with E-state index in [1.54, 1.807) is 37.9 Å². The number of halogens is 1. The Bertz CT molecular complexity index is 899. The van der Waals surface area contributed by atoms with Crippen molar-refractivity contribution in [1.82, 2.24) is 4.72 Å². The fourth-order valence-corrected chi connectivity index (χ4v) is 3.86. The monoisotopic (exact) mass is 397 g/mol. The van der Waals surface area contributed by atoms with E-state index in [9.17, 15) is 18.5 Å². The first-order chi connectivity index (χ1) is 12.1. The summed E-state index contributed by atoms with van der Waals surface area (Å²) in [6, 6.07) is 10.7. The molecule has 0 saturated heterocycles. The largest absolute Gasteiger partial charge is 0.365 e. The molecule has 0 bridgehead atoms.